The number of carbonyl (C=O) groups is 2. The molecule has 5 nitrogen and oxygen atoms in total. The summed E-state index contributed by atoms with van der Waals surface area (Å²) >= 11 is 4.98. The second-order valence-electron chi connectivity index (χ2n) is 4.84. The molecule has 0 radical (unpaired) electrons. The highest BCUT2D eigenvalue weighted by molar-refractivity contribution is 9.11. The van der Waals surface area contributed by atoms with E-state index in [1.54, 1.807) is 23.3 Å². The molecule has 1 unspecified atom stereocenters. The second kappa shape index (κ2) is 8.26. The van der Waals surface area contributed by atoms with Crippen LogP contribution in [0.3, 0.4) is 0 Å². The Labute approximate surface area is 131 Å². The summed E-state index contributed by atoms with van der Waals surface area (Å²) in [5.74, 6) is -0.651. The van der Waals surface area contributed by atoms with Crippen LogP contribution in [0.15, 0.2) is 15.2 Å². The Balaban J connectivity index is 2.29. The summed E-state index contributed by atoms with van der Waals surface area (Å²) < 4.78 is 1.05. The van der Waals surface area contributed by atoms with Crippen molar-refractivity contribution in [1.82, 2.24) is 10.2 Å². The van der Waals surface area contributed by atoms with E-state index in [-0.39, 0.29) is 18.4 Å². The number of carbonyl (C=O) groups excluding carboxylic acids is 1. The first-order valence-electron chi connectivity index (χ1n) is 6.32. The first-order valence-corrected chi connectivity index (χ1v) is 7.99. The number of rotatable bonds is 7. The Kier molecular flexibility index (Phi) is 7.01. The number of carboxylic acids is 1. The Hall–Kier alpha value is -1.08. The van der Waals surface area contributed by atoms with Crippen molar-refractivity contribution in [2.75, 3.05) is 13.6 Å². The van der Waals surface area contributed by atoms with Gasteiger partial charge in [-0.2, -0.15) is 0 Å². The van der Waals surface area contributed by atoms with Crippen LogP contribution < -0.4 is 5.32 Å². The number of halogens is 1. The number of nitrogens with one attached hydrogen (secondary N) is 1. The van der Waals surface area contributed by atoms with E-state index < -0.39 is 5.97 Å². The van der Waals surface area contributed by atoms with Gasteiger partial charge in [0, 0.05) is 26.6 Å². The average Bonchev–Trinajstić information content (AvgIpc) is 2.78. The first kappa shape index (κ1) is 17.0. The summed E-state index contributed by atoms with van der Waals surface area (Å²) in [6, 6.07) is 1.85. The van der Waals surface area contributed by atoms with E-state index in [0.29, 0.717) is 19.5 Å². The fraction of sp³-hybridized carbons (Fsp3) is 0.538. The van der Waals surface area contributed by atoms with E-state index in [9.17, 15) is 9.59 Å². The molecule has 1 aromatic heterocycles. The van der Waals surface area contributed by atoms with E-state index in [2.05, 4.69) is 21.2 Å². The maximum atomic E-state index is 11.9. The summed E-state index contributed by atoms with van der Waals surface area (Å²) in [6.07, 6.45) is 0.701. The zero-order valence-corrected chi connectivity index (χ0v) is 14.0. The van der Waals surface area contributed by atoms with Gasteiger partial charge < -0.3 is 15.3 Å². The van der Waals surface area contributed by atoms with Crippen LogP contribution in [0.4, 0.5) is 4.79 Å². The summed E-state index contributed by atoms with van der Waals surface area (Å²) in [4.78, 5) is 24.0. The Morgan fingerprint density at radius 1 is 1.55 bits per heavy atom. The topological polar surface area (TPSA) is 69.6 Å². The Bertz CT molecular complexity index is 464. The van der Waals surface area contributed by atoms with Crippen molar-refractivity contribution in [3.63, 3.8) is 0 Å². The predicted octanol–water partition coefficient (Wildman–Crippen LogP) is 3.15. The van der Waals surface area contributed by atoms with Crippen LogP contribution in [0.25, 0.3) is 0 Å². The van der Waals surface area contributed by atoms with Crippen LogP contribution in [-0.4, -0.2) is 35.6 Å². The molecule has 0 aliphatic heterocycles. The largest absolute Gasteiger partial charge is 0.481 e. The molecule has 0 aliphatic carbocycles. The van der Waals surface area contributed by atoms with Crippen molar-refractivity contribution in [3.05, 3.63) is 20.8 Å². The molecule has 0 fully saturated rings. The van der Waals surface area contributed by atoms with Gasteiger partial charge in [0.1, 0.15) is 0 Å². The van der Waals surface area contributed by atoms with E-state index in [4.69, 9.17) is 5.11 Å². The molecule has 2 N–H and O–H groups in total. The monoisotopic (exact) mass is 362 g/mol. The highest BCUT2D eigenvalue weighted by Crippen LogP contribution is 2.21. The molecule has 2 amide bonds. The zero-order valence-electron chi connectivity index (χ0n) is 11.6. The summed E-state index contributed by atoms with van der Waals surface area (Å²) in [6.45, 7) is 2.97. The number of amides is 2. The van der Waals surface area contributed by atoms with Crippen LogP contribution >= 0.6 is 27.3 Å². The fourth-order valence-corrected chi connectivity index (χ4v) is 2.84. The lowest BCUT2D eigenvalue weighted by atomic mass is 10.1. The number of carboxylic acid groups (broad SMARTS) is 1. The molecule has 0 saturated heterocycles. The average molecular weight is 363 g/mol. The van der Waals surface area contributed by atoms with Crippen molar-refractivity contribution in [1.29, 1.82) is 0 Å². The van der Waals surface area contributed by atoms with Crippen LogP contribution in [-0.2, 0) is 11.3 Å². The first-order chi connectivity index (χ1) is 9.38. The number of hydrogen-bond donors (Lipinski definition) is 2. The van der Waals surface area contributed by atoms with Crippen LogP contribution in [0.5, 0.6) is 0 Å². The van der Waals surface area contributed by atoms with E-state index >= 15 is 0 Å². The zero-order chi connectivity index (χ0) is 15.1. The summed E-state index contributed by atoms with van der Waals surface area (Å²) in [7, 11) is 1.74. The third kappa shape index (κ3) is 6.38. The normalized spacial score (nSPS) is 11.9. The number of hydrogen-bond acceptors (Lipinski definition) is 3. The fourth-order valence-electron chi connectivity index (χ4n) is 1.64. The number of nitrogens with zero attached hydrogens (tertiary/aromatic N) is 1. The van der Waals surface area contributed by atoms with Crippen LogP contribution in [0.2, 0.25) is 0 Å². The third-order valence-electron chi connectivity index (χ3n) is 2.84. The molecule has 1 atom stereocenters. The third-order valence-corrected chi connectivity index (χ3v) is 4.39. The second-order valence-corrected chi connectivity index (χ2v) is 7.13. The summed E-state index contributed by atoms with van der Waals surface area (Å²) in [5.41, 5.74) is 1.08. The molecule has 0 bridgehead atoms. The highest BCUT2D eigenvalue weighted by atomic mass is 79.9. The predicted molar refractivity (Wildman–Crippen MR) is 82.9 cm³/mol. The summed E-state index contributed by atoms with van der Waals surface area (Å²) in [5, 5.41) is 13.4. The maximum absolute atomic E-state index is 11.9. The minimum absolute atomic E-state index is 0.135. The Morgan fingerprint density at radius 3 is 2.80 bits per heavy atom. The number of urea groups is 1. The molecular weight excluding hydrogens is 344 g/mol. The van der Waals surface area contributed by atoms with Crippen molar-refractivity contribution >= 4 is 39.3 Å². The van der Waals surface area contributed by atoms with Crippen molar-refractivity contribution < 1.29 is 14.7 Å². The van der Waals surface area contributed by atoms with E-state index in [1.807, 2.05) is 18.4 Å². The molecule has 1 rings (SSSR count). The number of aliphatic carboxylic acids is 1. The SMILES string of the molecule is CC(CCC(=O)O)CNC(=O)N(C)Cc1csc(Br)c1. The van der Waals surface area contributed by atoms with Gasteiger partial charge in [-0.05, 0) is 45.3 Å². The quantitative estimate of drug-likeness (QED) is 0.782. The van der Waals surface area contributed by atoms with Gasteiger partial charge in [0.2, 0.25) is 0 Å². The molecule has 1 heterocycles. The molecule has 20 heavy (non-hydrogen) atoms. The van der Waals surface area contributed by atoms with Crippen molar-refractivity contribution in [3.8, 4) is 0 Å². The van der Waals surface area contributed by atoms with Gasteiger partial charge in [0.05, 0.1) is 3.79 Å². The highest BCUT2D eigenvalue weighted by Gasteiger charge is 2.12. The smallest absolute Gasteiger partial charge is 0.317 e. The molecular formula is C13H19BrN2O3S. The van der Waals surface area contributed by atoms with Crippen molar-refractivity contribution in [2.45, 2.75) is 26.3 Å². The van der Waals surface area contributed by atoms with E-state index in [0.717, 1.165) is 9.35 Å². The maximum Gasteiger partial charge on any atom is 0.317 e. The van der Waals surface area contributed by atoms with Gasteiger partial charge in [-0.15, -0.1) is 11.3 Å². The minimum atomic E-state index is -0.802. The lowest BCUT2D eigenvalue weighted by Gasteiger charge is -2.19. The van der Waals surface area contributed by atoms with Crippen LogP contribution in [0, 0.1) is 5.92 Å². The van der Waals surface area contributed by atoms with Gasteiger partial charge in [0.25, 0.3) is 0 Å². The van der Waals surface area contributed by atoms with Gasteiger partial charge in [0.15, 0.2) is 0 Å². The molecule has 0 saturated carbocycles. The molecule has 0 aromatic carbocycles. The lowest BCUT2D eigenvalue weighted by molar-refractivity contribution is -0.137. The Morgan fingerprint density at radius 2 is 2.25 bits per heavy atom. The lowest BCUT2D eigenvalue weighted by Crippen LogP contribution is -2.38. The molecule has 1 aromatic rings. The number of thiophene rings is 1. The van der Waals surface area contributed by atoms with Gasteiger partial charge >= 0.3 is 12.0 Å². The van der Waals surface area contributed by atoms with Gasteiger partial charge in [-0.25, -0.2) is 4.79 Å². The molecule has 112 valence electrons. The molecule has 0 spiro atoms. The van der Waals surface area contributed by atoms with E-state index in [1.165, 1.54) is 0 Å². The van der Waals surface area contributed by atoms with Crippen molar-refractivity contribution in [2.24, 2.45) is 5.92 Å². The standard InChI is InChI=1S/C13H19BrN2O3S/c1-9(3-4-12(17)18)6-15-13(19)16(2)7-10-5-11(14)20-8-10/h5,8-9H,3-4,6-7H2,1-2H3,(H,15,19)(H,17,18). The molecule has 0 aliphatic rings. The van der Waals surface area contributed by atoms with Crippen LogP contribution in [0.1, 0.15) is 25.3 Å². The van der Waals surface area contributed by atoms with Gasteiger partial charge in [-0.3, -0.25) is 4.79 Å². The minimum Gasteiger partial charge on any atom is -0.481 e. The van der Waals surface area contributed by atoms with Gasteiger partial charge in [-0.1, -0.05) is 6.92 Å². The molecule has 7 heteroatoms.